The van der Waals surface area contributed by atoms with Crippen LogP contribution in [0.3, 0.4) is 0 Å². The molecule has 0 aliphatic carbocycles. The van der Waals surface area contributed by atoms with Gasteiger partial charge >= 0.3 is 0 Å². The van der Waals surface area contributed by atoms with E-state index in [9.17, 15) is 5.11 Å². The third-order valence-electron chi connectivity index (χ3n) is 3.23. The molecule has 20 heavy (non-hydrogen) atoms. The first kappa shape index (κ1) is 14.2. The van der Waals surface area contributed by atoms with Crippen molar-refractivity contribution >= 4 is 0 Å². The minimum Gasteiger partial charge on any atom is -0.387 e. The van der Waals surface area contributed by atoms with E-state index < -0.39 is 6.10 Å². The van der Waals surface area contributed by atoms with E-state index >= 15 is 0 Å². The molecule has 0 aliphatic rings. The van der Waals surface area contributed by atoms with Crippen molar-refractivity contribution in [2.75, 3.05) is 6.54 Å². The van der Waals surface area contributed by atoms with E-state index in [1.807, 2.05) is 25.3 Å². The van der Waals surface area contributed by atoms with Gasteiger partial charge in [-0.05, 0) is 36.2 Å². The SMILES string of the molecule is C[C@H](NCC(O)c1ccc(C#N)cc1)c1cccnc1. The molecule has 0 saturated heterocycles. The third kappa shape index (κ3) is 3.64. The van der Waals surface area contributed by atoms with Crippen LogP contribution in [0, 0.1) is 11.3 Å². The number of nitrogens with one attached hydrogen (secondary N) is 1. The summed E-state index contributed by atoms with van der Waals surface area (Å²) in [5.41, 5.74) is 2.48. The highest BCUT2D eigenvalue weighted by Crippen LogP contribution is 2.15. The molecule has 4 heteroatoms. The van der Waals surface area contributed by atoms with Gasteiger partial charge in [-0.3, -0.25) is 4.98 Å². The highest BCUT2D eigenvalue weighted by atomic mass is 16.3. The zero-order chi connectivity index (χ0) is 14.4. The number of benzene rings is 1. The van der Waals surface area contributed by atoms with Gasteiger partial charge < -0.3 is 10.4 Å². The Morgan fingerprint density at radius 2 is 2.00 bits per heavy atom. The maximum absolute atomic E-state index is 10.1. The van der Waals surface area contributed by atoms with Crippen molar-refractivity contribution in [1.29, 1.82) is 5.26 Å². The fourth-order valence-electron chi connectivity index (χ4n) is 1.94. The fraction of sp³-hybridized carbons (Fsp3) is 0.250. The molecule has 4 nitrogen and oxygen atoms in total. The van der Waals surface area contributed by atoms with Crippen LogP contribution in [0.2, 0.25) is 0 Å². The molecule has 0 radical (unpaired) electrons. The maximum Gasteiger partial charge on any atom is 0.0991 e. The van der Waals surface area contributed by atoms with E-state index in [4.69, 9.17) is 5.26 Å². The van der Waals surface area contributed by atoms with Gasteiger partial charge in [0.2, 0.25) is 0 Å². The number of aliphatic hydroxyl groups is 1. The number of aliphatic hydroxyl groups excluding tert-OH is 1. The van der Waals surface area contributed by atoms with E-state index in [2.05, 4.69) is 16.4 Å². The number of rotatable bonds is 5. The monoisotopic (exact) mass is 267 g/mol. The molecule has 0 saturated carbocycles. The topological polar surface area (TPSA) is 68.9 Å². The molecule has 0 spiro atoms. The lowest BCUT2D eigenvalue weighted by Gasteiger charge is -2.17. The summed E-state index contributed by atoms with van der Waals surface area (Å²) in [5.74, 6) is 0. The van der Waals surface area contributed by atoms with Crippen molar-refractivity contribution < 1.29 is 5.11 Å². The van der Waals surface area contributed by atoms with Gasteiger partial charge in [-0.1, -0.05) is 18.2 Å². The molecule has 0 aliphatic heterocycles. The molecule has 0 bridgehead atoms. The van der Waals surface area contributed by atoms with Gasteiger partial charge in [-0.2, -0.15) is 5.26 Å². The summed E-state index contributed by atoms with van der Waals surface area (Å²) >= 11 is 0. The standard InChI is InChI=1S/C16H17N3O/c1-12(15-3-2-8-18-10-15)19-11-16(20)14-6-4-13(9-17)5-7-14/h2-8,10,12,16,19-20H,11H2,1H3/t12-,16?/m0/s1. The number of pyridine rings is 1. The smallest absolute Gasteiger partial charge is 0.0991 e. The molecule has 1 aromatic heterocycles. The fourth-order valence-corrected chi connectivity index (χ4v) is 1.94. The van der Waals surface area contributed by atoms with Crippen molar-refractivity contribution in [1.82, 2.24) is 10.3 Å². The first-order valence-electron chi connectivity index (χ1n) is 6.52. The second kappa shape index (κ2) is 6.80. The Labute approximate surface area is 118 Å². The quantitative estimate of drug-likeness (QED) is 0.872. The van der Waals surface area contributed by atoms with Crippen molar-refractivity contribution in [2.45, 2.75) is 19.1 Å². The van der Waals surface area contributed by atoms with Crippen LogP contribution < -0.4 is 5.32 Å². The molecule has 2 atom stereocenters. The summed E-state index contributed by atoms with van der Waals surface area (Å²) in [6.07, 6.45) is 2.95. The van der Waals surface area contributed by atoms with Crippen molar-refractivity contribution in [3.8, 4) is 6.07 Å². The number of hydrogen-bond donors (Lipinski definition) is 2. The number of aromatic nitrogens is 1. The summed E-state index contributed by atoms with van der Waals surface area (Å²) in [6.45, 7) is 2.48. The van der Waals surface area contributed by atoms with Gasteiger partial charge in [0, 0.05) is 25.0 Å². The van der Waals surface area contributed by atoms with Crippen LogP contribution in [0.5, 0.6) is 0 Å². The predicted molar refractivity (Wildman–Crippen MR) is 76.8 cm³/mol. The molecule has 2 aromatic rings. The molecular weight excluding hydrogens is 250 g/mol. The van der Waals surface area contributed by atoms with Gasteiger partial charge in [0.1, 0.15) is 0 Å². The van der Waals surface area contributed by atoms with Crippen LogP contribution >= 0.6 is 0 Å². The van der Waals surface area contributed by atoms with Crippen LogP contribution in [0.1, 0.15) is 35.8 Å². The van der Waals surface area contributed by atoms with Crippen LogP contribution in [0.4, 0.5) is 0 Å². The average molecular weight is 267 g/mol. The normalized spacial score (nSPS) is 13.4. The molecule has 1 heterocycles. The van der Waals surface area contributed by atoms with E-state index in [1.165, 1.54) is 0 Å². The largest absolute Gasteiger partial charge is 0.387 e. The summed E-state index contributed by atoms with van der Waals surface area (Å²) in [5, 5.41) is 22.1. The van der Waals surface area contributed by atoms with Crippen LogP contribution in [-0.2, 0) is 0 Å². The summed E-state index contributed by atoms with van der Waals surface area (Å²) in [6, 6.07) is 13.1. The minimum absolute atomic E-state index is 0.122. The summed E-state index contributed by atoms with van der Waals surface area (Å²) < 4.78 is 0. The third-order valence-corrected chi connectivity index (χ3v) is 3.23. The van der Waals surface area contributed by atoms with E-state index in [-0.39, 0.29) is 6.04 Å². The van der Waals surface area contributed by atoms with Crippen molar-refractivity contribution in [3.63, 3.8) is 0 Å². The second-order valence-corrected chi connectivity index (χ2v) is 4.67. The average Bonchev–Trinajstić information content (AvgIpc) is 2.53. The lowest BCUT2D eigenvalue weighted by Crippen LogP contribution is -2.24. The first-order valence-corrected chi connectivity index (χ1v) is 6.52. The first-order chi connectivity index (χ1) is 9.70. The minimum atomic E-state index is -0.595. The zero-order valence-corrected chi connectivity index (χ0v) is 11.3. The van der Waals surface area contributed by atoms with Gasteiger partial charge in [-0.15, -0.1) is 0 Å². The van der Waals surface area contributed by atoms with E-state index in [1.54, 1.807) is 30.5 Å². The second-order valence-electron chi connectivity index (χ2n) is 4.67. The van der Waals surface area contributed by atoms with Crippen LogP contribution in [0.15, 0.2) is 48.8 Å². The Balaban J connectivity index is 1.91. The van der Waals surface area contributed by atoms with Crippen molar-refractivity contribution in [3.05, 3.63) is 65.5 Å². The van der Waals surface area contributed by atoms with Crippen molar-refractivity contribution in [2.24, 2.45) is 0 Å². The van der Waals surface area contributed by atoms with Gasteiger partial charge in [0.15, 0.2) is 0 Å². The Bertz CT molecular complexity index is 575. The molecule has 2 N–H and O–H groups in total. The molecule has 102 valence electrons. The number of hydrogen-bond acceptors (Lipinski definition) is 4. The molecule has 1 unspecified atom stereocenters. The van der Waals surface area contributed by atoms with Crippen LogP contribution in [-0.4, -0.2) is 16.6 Å². The lowest BCUT2D eigenvalue weighted by atomic mass is 10.1. The number of nitriles is 1. The molecular formula is C16H17N3O. The van der Waals surface area contributed by atoms with Gasteiger partial charge in [0.25, 0.3) is 0 Å². The van der Waals surface area contributed by atoms with Crippen LogP contribution in [0.25, 0.3) is 0 Å². The summed E-state index contributed by atoms with van der Waals surface area (Å²) in [7, 11) is 0. The highest BCUT2D eigenvalue weighted by molar-refractivity contribution is 5.32. The molecule has 2 rings (SSSR count). The molecule has 0 amide bonds. The Hall–Kier alpha value is -2.22. The molecule has 1 aromatic carbocycles. The Kier molecular flexibility index (Phi) is 4.83. The predicted octanol–water partition coefficient (Wildman–Crippen LogP) is 2.34. The zero-order valence-electron chi connectivity index (χ0n) is 11.3. The number of nitrogens with zero attached hydrogens (tertiary/aromatic N) is 2. The summed E-state index contributed by atoms with van der Waals surface area (Å²) in [4.78, 5) is 4.08. The lowest BCUT2D eigenvalue weighted by molar-refractivity contribution is 0.171. The Morgan fingerprint density at radius 1 is 1.25 bits per heavy atom. The van der Waals surface area contributed by atoms with E-state index in [0.717, 1.165) is 11.1 Å². The van der Waals surface area contributed by atoms with Gasteiger partial charge in [-0.25, -0.2) is 0 Å². The van der Waals surface area contributed by atoms with Gasteiger partial charge in [0.05, 0.1) is 17.7 Å². The maximum atomic E-state index is 10.1. The molecule has 0 fully saturated rings. The van der Waals surface area contributed by atoms with E-state index in [0.29, 0.717) is 12.1 Å². The highest BCUT2D eigenvalue weighted by Gasteiger charge is 2.10. The Morgan fingerprint density at radius 3 is 2.60 bits per heavy atom.